The van der Waals surface area contributed by atoms with E-state index in [-0.39, 0.29) is 10.7 Å². The Bertz CT molecular complexity index is 1070. The van der Waals surface area contributed by atoms with E-state index in [0.717, 1.165) is 5.69 Å². The highest BCUT2D eigenvalue weighted by Crippen LogP contribution is 2.18. The van der Waals surface area contributed by atoms with Gasteiger partial charge in [-0.1, -0.05) is 0 Å². The number of sulfonamides is 1. The van der Waals surface area contributed by atoms with Crippen LogP contribution in [0.4, 0.5) is 17.2 Å². The van der Waals surface area contributed by atoms with Crippen LogP contribution in [0.5, 0.6) is 0 Å². The van der Waals surface area contributed by atoms with Crippen LogP contribution < -0.4 is 15.4 Å². The van der Waals surface area contributed by atoms with E-state index in [2.05, 4.69) is 30.3 Å². The molecule has 0 atom stereocenters. The Kier molecular flexibility index (Phi) is 5.81. The van der Waals surface area contributed by atoms with Crippen molar-refractivity contribution < 1.29 is 8.42 Å². The van der Waals surface area contributed by atoms with Gasteiger partial charge in [0.25, 0.3) is 10.0 Å². The molecule has 28 heavy (non-hydrogen) atoms. The molecule has 0 amide bonds. The molecule has 10 heteroatoms. The normalized spacial score (nSPS) is 10.9. The summed E-state index contributed by atoms with van der Waals surface area (Å²) in [5.41, 5.74) is 2.08. The predicted octanol–water partition coefficient (Wildman–Crippen LogP) is 3.10. The number of hydrogen-bond donors (Lipinski definition) is 3. The van der Waals surface area contributed by atoms with Crippen molar-refractivity contribution >= 4 is 44.5 Å². The summed E-state index contributed by atoms with van der Waals surface area (Å²) >= 11 is 5.24. The molecule has 3 N–H and O–H groups in total. The van der Waals surface area contributed by atoms with Crippen LogP contribution in [0.25, 0.3) is 0 Å². The fourth-order valence-corrected chi connectivity index (χ4v) is 3.64. The molecule has 0 fully saturated rings. The third-order valence-electron chi connectivity index (χ3n) is 3.55. The van der Waals surface area contributed by atoms with Crippen molar-refractivity contribution in [3.05, 3.63) is 66.4 Å². The summed E-state index contributed by atoms with van der Waals surface area (Å²) in [6.45, 7) is 3.48. The van der Waals surface area contributed by atoms with E-state index in [4.69, 9.17) is 12.2 Å². The first-order chi connectivity index (χ1) is 13.3. The third kappa shape index (κ3) is 5.21. The monoisotopic (exact) mass is 414 g/mol. The molecule has 3 aromatic rings. The number of thiocarbonyl (C=S) groups is 1. The van der Waals surface area contributed by atoms with Gasteiger partial charge in [-0.15, -0.1) is 0 Å². The Morgan fingerprint density at radius 3 is 2.36 bits per heavy atom. The predicted molar refractivity (Wildman–Crippen MR) is 113 cm³/mol. The van der Waals surface area contributed by atoms with Crippen LogP contribution in [0.2, 0.25) is 0 Å². The van der Waals surface area contributed by atoms with Crippen molar-refractivity contribution in [2.45, 2.75) is 18.7 Å². The molecule has 0 spiro atoms. The summed E-state index contributed by atoms with van der Waals surface area (Å²) in [5.74, 6) is 0.723. The average Bonchev–Trinajstić information content (AvgIpc) is 2.61. The number of pyridine rings is 1. The van der Waals surface area contributed by atoms with Crippen LogP contribution in [-0.4, -0.2) is 28.5 Å². The van der Waals surface area contributed by atoms with E-state index in [1.54, 1.807) is 50.5 Å². The van der Waals surface area contributed by atoms with Crippen LogP contribution in [0.3, 0.4) is 0 Å². The van der Waals surface area contributed by atoms with Crippen molar-refractivity contribution in [2.75, 3.05) is 15.4 Å². The maximum atomic E-state index is 12.6. The largest absolute Gasteiger partial charge is 0.332 e. The molecule has 144 valence electrons. The molecule has 0 aliphatic carbocycles. The molecule has 1 aromatic carbocycles. The van der Waals surface area contributed by atoms with Crippen LogP contribution in [0, 0.1) is 13.8 Å². The molecular weight excluding hydrogens is 396 g/mol. The maximum absolute atomic E-state index is 12.6. The summed E-state index contributed by atoms with van der Waals surface area (Å²) < 4.78 is 27.6. The van der Waals surface area contributed by atoms with E-state index < -0.39 is 10.0 Å². The van der Waals surface area contributed by atoms with Gasteiger partial charge in [-0.05, 0) is 62.5 Å². The van der Waals surface area contributed by atoms with Gasteiger partial charge >= 0.3 is 0 Å². The topological polar surface area (TPSA) is 109 Å². The lowest BCUT2D eigenvalue weighted by molar-refractivity contribution is 0.601. The SMILES string of the molecule is Cc1cc(NS(=O)(=O)c2ccc(NC(=S)Nc3cccnc3)cc2)nc(C)n1. The zero-order valence-corrected chi connectivity index (χ0v) is 16.8. The summed E-state index contributed by atoms with van der Waals surface area (Å²) in [6.07, 6.45) is 3.31. The van der Waals surface area contributed by atoms with Crippen molar-refractivity contribution in [1.82, 2.24) is 15.0 Å². The number of nitrogens with zero attached hydrogens (tertiary/aromatic N) is 3. The first-order valence-electron chi connectivity index (χ1n) is 8.25. The third-order valence-corrected chi connectivity index (χ3v) is 5.12. The second-order valence-electron chi connectivity index (χ2n) is 5.89. The Hall–Kier alpha value is -3.11. The van der Waals surface area contributed by atoms with Crippen LogP contribution in [0.1, 0.15) is 11.5 Å². The van der Waals surface area contributed by atoms with E-state index in [1.807, 2.05) is 6.07 Å². The molecule has 0 saturated heterocycles. The van der Waals surface area contributed by atoms with Crippen molar-refractivity contribution in [1.29, 1.82) is 0 Å². The number of benzene rings is 1. The molecule has 2 heterocycles. The first kappa shape index (κ1) is 19.6. The molecule has 0 saturated carbocycles. The van der Waals surface area contributed by atoms with E-state index in [1.165, 1.54) is 12.1 Å². The van der Waals surface area contributed by atoms with Crippen molar-refractivity contribution in [3.63, 3.8) is 0 Å². The molecule has 8 nitrogen and oxygen atoms in total. The molecule has 0 aliphatic heterocycles. The van der Waals surface area contributed by atoms with Crippen molar-refractivity contribution in [3.8, 4) is 0 Å². The number of hydrogen-bond acceptors (Lipinski definition) is 6. The highest BCUT2D eigenvalue weighted by Gasteiger charge is 2.15. The smallest absolute Gasteiger partial charge is 0.263 e. The van der Waals surface area contributed by atoms with E-state index in [0.29, 0.717) is 22.3 Å². The second-order valence-corrected chi connectivity index (χ2v) is 7.98. The molecule has 2 aromatic heterocycles. The number of anilines is 3. The van der Waals surface area contributed by atoms with Crippen molar-refractivity contribution in [2.24, 2.45) is 0 Å². The number of nitrogens with one attached hydrogen (secondary N) is 3. The van der Waals surface area contributed by atoms with Gasteiger partial charge in [0.1, 0.15) is 11.6 Å². The van der Waals surface area contributed by atoms with E-state index in [9.17, 15) is 8.42 Å². The van der Waals surface area contributed by atoms with Gasteiger partial charge in [0.2, 0.25) is 0 Å². The minimum absolute atomic E-state index is 0.109. The summed E-state index contributed by atoms with van der Waals surface area (Å²) in [6, 6.07) is 11.4. The standard InChI is InChI=1S/C18H18N6O2S2/c1-12-10-17(21-13(2)20-12)24-28(25,26)16-7-5-14(6-8-16)22-18(27)23-15-4-3-9-19-11-15/h3-11H,1-2H3,(H,20,21,24)(H2,22,23,27). The van der Waals surface area contributed by atoms with Crippen LogP contribution in [-0.2, 0) is 10.0 Å². The lowest BCUT2D eigenvalue weighted by atomic mass is 10.3. The first-order valence-corrected chi connectivity index (χ1v) is 10.1. The lowest BCUT2D eigenvalue weighted by Crippen LogP contribution is -2.19. The highest BCUT2D eigenvalue weighted by atomic mass is 32.2. The van der Waals surface area contributed by atoms with Crippen LogP contribution in [0.15, 0.2) is 59.8 Å². The Morgan fingerprint density at radius 2 is 1.71 bits per heavy atom. The summed E-state index contributed by atoms with van der Waals surface area (Å²) in [7, 11) is -3.77. The molecular formula is C18H18N6O2S2. The van der Waals surface area contributed by atoms with E-state index >= 15 is 0 Å². The van der Waals surface area contributed by atoms with Gasteiger partial charge < -0.3 is 10.6 Å². The van der Waals surface area contributed by atoms with Gasteiger partial charge in [-0.2, -0.15) is 0 Å². The van der Waals surface area contributed by atoms with Gasteiger partial charge in [-0.25, -0.2) is 18.4 Å². The number of aryl methyl sites for hydroxylation is 2. The van der Waals surface area contributed by atoms with Crippen LogP contribution >= 0.6 is 12.2 Å². The molecule has 0 radical (unpaired) electrons. The number of aromatic nitrogens is 3. The summed E-state index contributed by atoms with van der Waals surface area (Å²) in [5, 5.41) is 6.35. The second kappa shape index (κ2) is 8.28. The molecule has 0 unspecified atom stereocenters. The fraction of sp³-hybridized carbons (Fsp3) is 0.111. The number of rotatable bonds is 5. The minimum atomic E-state index is -3.77. The minimum Gasteiger partial charge on any atom is -0.332 e. The fourth-order valence-electron chi connectivity index (χ4n) is 2.41. The Balaban J connectivity index is 1.68. The zero-order valence-electron chi connectivity index (χ0n) is 15.2. The zero-order chi connectivity index (χ0) is 20.1. The molecule has 0 bridgehead atoms. The Labute approximate surface area is 168 Å². The summed E-state index contributed by atoms with van der Waals surface area (Å²) in [4.78, 5) is 12.3. The highest BCUT2D eigenvalue weighted by molar-refractivity contribution is 7.92. The lowest BCUT2D eigenvalue weighted by Gasteiger charge is -2.11. The van der Waals surface area contributed by atoms with Gasteiger partial charge in [0.05, 0.1) is 16.8 Å². The quantitative estimate of drug-likeness (QED) is 0.547. The molecule has 0 aliphatic rings. The Morgan fingerprint density at radius 1 is 1.00 bits per heavy atom. The van der Waals surface area contributed by atoms with Gasteiger partial charge in [0.15, 0.2) is 5.11 Å². The van der Waals surface area contributed by atoms with Gasteiger partial charge in [-0.3, -0.25) is 9.71 Å². The molecule has 3 rings (SSSR count). The van der Waals surface area contributed by atoms with Gasteiger partial charge in [0, 0.05) is 23.6 Å². The average molecular weight is 415 g/mol. The maximum Gasteiger partial charge on any atom is 0.263 e.